The number of aliphatic hydroxyl groups excluding tert-OH is 1. The lowest BCUT2D eigenvalue weighted by molar-refractivity contribution is -0.144. The largest absolute Gasteiger partial charge is 0.480 e. The van der Waals surface area contributed by atoms with Crippen molar-refractivity contribution in [1.82, 2.24) is 16.0 Å². The van der Waals surface area contributed by atoms with Gasteiger partial charge in [0, 0.05) is 0 Å². The van der Waals surface area contributed by atoms with Gasteiger partial charge in [-0.2, -0.15) is 0 Å². The molecule has 28 heavy (non-hydrogen) atoms. The average Bonchev–Trinajstić information content (AvgIpc) is 2.61. The van der Waals surface area contributed by atoms with Gasteiger partial charge in [0.1, 0.15) is 18.1 Å². The van der Waals surface area contributed by atoms with Gasteiger partial charge in [0.25, 0.3) is 0 Å². The van der Waals surface area contributed by atoms with Crippen molar-refractivity contribution in [3.05, 3.63) is 0 Å². The molecule has 0 aliphatic heterocycles. The Bertz CT molecular complexity index is 598. The Morgan fingerprint density at radius 3 is 1.96 bits per heavy atom. The van der Waals surface area contributed by atoms with Gasteiger partial charge in [0.15, 0.2) is 0 Å². The quantitative estimate of drug-likeness (QED) is 0.175. The minimum absolute atomic E-state index is 0.374. The predicted octanol–water partition coefficient (Wildman–Crippen LogP) is -3.21. The average molecular weight is 403 g/mol. The Morgan fingerprint density at radius 2 is 1.54 bits per heavy atom. The number of carboxylic acid groups (broad SMARTS) is 1. The fourth-order valence-electron chi connectivity index (χ4n) is 2.12. The molecule has 0 spiro atoms. The fourth-order valence-corrected chi connectivity index (χ4v) is 2.12. The smallest absolute Gasteiger partial charge is 0.326 e. The van der Waals surface area contributed by atoms with Gasteiger partial charge in [-0.3, -0.25) is 19.2 Å². The first-order valence-electron chi connectivity index (χ1n) is 8.73. The maximum absolute atomic E-state index is 12.2. The zero-order chi connectivity index (χ0) is 22.0. The van der Waals surface area contributed by atoms with Crippen molar-refractivity contribution in [2.75, 3.05) is 6.61 Å². The van der Waals surface area contributed by atoms with E-state index in [9.17, 15) is 34.2 Å². The lowest BCUT2D eigenvalue weighted by Gasteiger charge is -2.24. The van der Waals surface area contributed by atoms with Gasteiger partial charge >= 0.3 is 5.97 Å². The molecule has 0 aromatic rings. The minimum atomic E-state index is -1.42. The number of carbonyl (C=O) groups excluding carboxylic acids is 4. The van der Waals surface area contributed by atoms with Crippen molar-refractivity contribution < 1.29 is 34.2 Å². The first-order valence-corrected chi connectivity index (χ1v) is 8.73. The number of nitrogens with two attached hydrogens (primary N) is 2. The van der Waals surface area contributed by atoms with E-state index in [0.717, 1.165) is 0 Å². The summed E-state index contributed by atoms with van der Waals surface area (Å²) in [5, 5.41) is 25.3. The highest BCUT2D eigenvalue weighted by molar-refractivity contribution is 5.94. The molecule has 0 bridgehead atoms. The third kappa shape index (κ3) is 8.31. The van der Waals surface area contributed by atoms with Crippen LogP contribution in [-0.2, 0) is 24.0 Å². The Morgan fingerprint density at radius 1 is 0.964 bits per heavy atom. The number of amides is 4. The van der Waals surface area contributed by atoms with Gasteiger partial charge < -0.3 is 37.6 Å². The van der Waals surface area contributed by atoms with E-state index >= 15 is 0 Å². The molecule has 12 heteroatoms. The zero-order valence-electron chi connectivity index (χ0n) is 16.1. The summed E-state index contributed by atoms with van der Waals surface area (Å²) in [6.45, 7) is 3.91. The second kappa shape index (κ2) is 11.9. The van der Waals surface area contributed by atoms with Gasteiger partial charge in [0.2, 0.25) is 23.6 Å². The van der Waals surface area contributed by atoms with Crippen LogP contribution >= 0.6 is 0 Å². The Kier molecular flexibility index (Phi) is 10.7. The molecule has 5 unspecified atom stereocenters. The molecular formula is C16H29N5O7. The molecule has 160 valence electrons. The molecule has 0 saturated carbocycles. The summed E-state index contributed by atoms with van der Waals surface area (Å²) in [4.78, 5) is 58.2. The molecule has 0 heterocycles. The van der Waals surface area contributed by atoms with E-state index in [1.807, 2.05) is 0 Å². The first-order chi connectivity index (χ1) is 12.9. The molecule has 0 aromatic carbocycles. The predicted molar refractivity (Wildman–Crippen MR) is 97.4 cm³/mol. The topological polar surface area (TPSA) is 214 Å². The van der Waals surface area contributed by atoms with Gasteiger partial charge in [-0.1, -0.05) is 20.3 Å². The number of nitrogens with one attached hydrogen (secondary N) is 3. The Hall–Kier alpha value is -2.73. The highest BCUT2D eigenvalue weighted by Crippen LogP contribution is 2.08. The second-order valence-corrected chi connectivity index (χ2v) is 6.46. The highest BCUT2D eigenvalue weighted by Gasteiger charge is 2.30. The fraction of sp³-hybridized carbons (Fsp3) is 0.688. The summed E-state index contributed by atoms with van der Waals surface area (Å²) >= 11 is 0. The molecular weight excluding hydrogens is 374 g/mol. The SMILES string of the molecule is CCC(C)C(NC(=O)C(CO)NC(=O)C(C)NC(=O)C(N)CC(N)=O)C(=O)O. The van der Waals surface area contributed by atoms with Gasteiger partial charge in [-0.15, -0.1) is 0 Å². The van der Waals surface area contributed by atoms with Crippen LogP contribution in [0.25, 0.3) is 0 Å². The Labute approximate surface area is 162 Å². The molecule has 0 rings (SSSR count). The molecule has 5 atom stereocenters. The van der Waals surface area contributed by atoms with Crippen molar-refractivity contribution in [3.8, 4) is 0 Å². The number of hydrogen-bond donors (Lipinski definition) is 7. The molecule has 12 nitrogen and oxygen atoms in total. The van der Waals surface area contributed by atoms with Gasteiger partial charge in [0.05, 0.1) is 19.1 Å². The number of aliphatic carboxylic acids is 1. The van der Waals surface area contributed by atoms with Crippen LogP contribution < -0.4 is 27.4 Å². The number of aliphatic hydroxyl groups is 1. The zero-order valence-corrected chi connectivity index (χ0v) is 16.1. The van der Waals surface area contributed by atoms with Crippen LogP contribution in [0, 0.1) is 5.92 Å². The van der Waals surface area contributed by atoms with Crippen molar-refractivity contribution in [3.63, 3.8) is 0 Å². The molecule has 0 saturated heterocycles. The Balaban J connectivity index is 4.88. The van der Waals surface area contributed by atoms with Gasteiger partial charge in [-0.05, 0) is 12.8 Å². The highest BCUT2D eigenvalue weighted by atomic mass is 16.4. The summed E-state index contributed by atoms with van der Waals surface area (Å²) < 4.78 is 0. The van der Waals surface area contributed by atoms with E-state index in [1.165, 1.54) is 6.92 Å². The first kappa shape index (κ1) is 25.3. The third-order valence-electron chi connectivity index (χ3n) is 4.10. The summed E-state index contributed by atoms with van der Waals surface area (Å²) in [6, 6.07) is -4.99. The van der Waals surface area contributed by atoms with Crippen molar-refractivity contribution >= 4 is 29.6 Å². The third-order valence-corrected chi connectivity index (χ3v) is 4.10. The van der Waals surface area contributed by atoms with Crippen LogP contribution in [0.4, 0.5) is 0 Å². The van der Waals surface area contributed by atoms with Crippen LogP contribution in [0.3, 0.4) is 0 Å². The number of hydrogen-bond acceptors (Lipinski definition) is 7. The van der Waals surface area contributed by atoms with E-state index in [4.69, 9.17) is 11.5 Å². The standard InChI is InChI=1S/C16H29N5O7/c1-4-7(2)12(16(27)28)21-15(26)10(6-22)20-13(24)8(3)19-14(25)9(17)5-11(18)23/h7-10,12,22H,4-6,17H2,1-3H3,(H2,18,23)(H,19,25)(H,20,24)(H,21,26)(H,27,28). The molecule has 4 amide bonds. The van der Waals surface area contributed by atoms with E-state index in [-0.39, 0.29) is 5.92 Å². The van der Waals surface area contributed by atoms with Crippen molar-refractivity contribution in [1.29, 1.82) is 0 Å². The normalized spacial score (nSPS) is 16.0. The van der Waals surface area contributed by atoms with Crippen LogP contribution in [0.5, 0.6) is 0 Å². The summed E-state index contributed by atoms with van der Waals surface area (Å²) in [5.41, 5.74) is 10.4. The molecule has 0 fully saturated rings. The van der Waals surface area contributed by atoms with Gasteiger partial charge in [-0.25, -0.2) is 4.79 Å². The van der Waals surface area contributed by atoms with Crippen LogP contribution in [-0.4, -0.2) is 70.6 Å². The summed E-state index contributed by atoms with van der Waals surface area (Å²) in [6.07, 6.45) is 0.0794. The van der Waals surface area contributed by atoms with Crippen molar-refractivity contribution in [2.24, 2.45) is 17.4 Å². The number of rotatable bonds is 12. The second-order valence-electron chi connectivity index (χ2n) is 6.46. The van der Waals surface area contributed by atoms with Crippen LogP contribution in [0.15, 0.2) is 0 Å². The maximum atomic E-state index is 12.2. The van der Waals surface area contributed by atoms with E-state index in [2.05, 4.69) is 16.0 Å². The molecule has 0 aromatic heterocycles. The number of carboxylic acids is 1. The molecule has 0 radical (unpaired) electrons. The molecule has 0 aliphatic rings. The van der Waals surface area contributed by atoms with Crippen LogP contribution in [0.2, 0.25) is 0 Å². The summed E-state index contributed by atoms with van der Waals surface area (Å²) in [5.74, 6) is -4.90. The lowest BCUT2D eigenvalue weighted by Crippen LogP contribution is -2.58. The molecule has 0 aliphatic carbocycles. The van der Waals surface area contributed by atoms with E-state index < -0.39 is 66.8 Å². The van der Waals surface area contributed by atoms with E-state index in [0.29, 0.717) is 6.42 Å². The van der Waals surface area contributed by atoms with Crippen LogP contribution in [0.1, 0.15) is 33.6 Å². The minimum Gasteiger partial charge on any atom is -0.480 e. The lowest BCUT2D eigenvalue weighted by atomic mass is 9.99. The number of primary amides is 1. The number of carbonyl (C=O) groups is 5. The maximum Gasteiger partial charge on any atom is 0.326 e. The molecule has 9 N–H and O–H groups in total. The van der Waals surface area contributed by atoms with E-state index in [1.54, 1.807) is 13.8 Å². The summed E-state index contributed by atoms with van der Waals surface area (Å²) in [7, 11) is 0. The van der Waals surface area contributed by atoms with Crippen molar-refractivity contribution in [2.45, 2.75) is 57.8 Å². The monoisotopic (exact) mass is 403 g/mol.